The number of nitrogens with zero attached hydrogens (tertiary/aromatic N) is 2. The monoisotopic (exact) mass is 457 g/mol. The summed E-state index contributed by atoms with van der Waals surface area (Å²) in [5.41, 5.74) is 10.1. The summed E-state index contributed by atoms with van der Waals surface area (Å²) >= 11 is 0. The molecule has 0 saturated heterocycles. The number of benzene rings is 1. The number of aromatic nitrogens is 1. The minimum atomic E-state index is -0.546. The molecule has 0 aliphatic carbocycles. The van der Waals surface area contributed by atoms with E-state index in [2.05, 4.69) is 44.5 Å². The van der Waals surface area contributed by atoms with Crippen molar-refractivity contribution >= 4 is 5.91 Å². The van der Waals surface area contributed by atoms with Crippen molar-refractivity contribution in [3.8, 4) is 11.1 Å². The van der Waals surface area contributed by atoms with Crippen molar-refractivity contribution < 1.29 is 13.9 Å². The summed E-state index contributed by atoms with van der Waals surface area (Å²) in [6.45, 7) is 14.3. The minimum Gasteiger partial charge on any atom is -0.385 e. The second-order valence-electron chi connectivity index (χ2n) is 10.4. The fourth-order valence-corrected chi connectivity index (χ4v) is 3.84. The lowest BCUT2D eigenvalue weighted by Crippen LogP contribution is -2.36. The van der Waals surface area contributed by atoms with Crippen molar-refractivity contribution in [1.29, 1.82) is 0 Å². The highest BCUT2D eigenvalue weighted by molar-refractivity contribution is 5.92. The lowest BCUT2D eigenvalue weighted by molar-refractivity contribution is 0.0994. The number of halogens is 1. The summed E-state index contributed by atoms with van der Waals surface area (Å²) in [6.07, 6.45) is 2.98. The number of fused-ring (bicyclic) bond motifs is 1. The van der Waals surface area contributed by atoms with Crippen LogP contribution in [0.1, 0.15) is 69.2 Å². The van der Waals surface area contributed by atoms with Crippen LogP contribution in [0.15, 0.2) is 30.3 Å². The summed E-state index contributed by atoms with van der Waals surface area (Å²) in [5, 5.41) is 0. The first-order chi connectivity index (χ1) is 15.5. The van der Waals surface area contributed by atoms with E-state index in [0.717, 1.165) is 61.3 Å². The summed E-state index contributed by atoms with van der Waals surface area (Å²) in [7, 11) is 1.73. The fraction of sp³-hybridized carbons (Fsp3) is 0.556. The van der Waals surface area contributed by atoms with E-state index in [1.54, 1.807) is 25.3 Å². The van der Waals surface area contributed by atoms with E-state index in [4.69, 9.17) is 10.5 Å². The predicted octanol–water partition coefficient (Wildman–Crippen LogP) is 5.46. The third-order valence-corrected chi connectivity index (χ3v) is 5.49. The number of nitrogens with two attached hydrogens (primary N) is 1. The number of methoxy groups -OCH3 is 1. The Morgan fingerprint density at radius 3 is 2.42 bits per heavy atom. The smallest absolute Gasteiger partial charge is 0.267 e. The van der Waals surface area contributed by atoms with Crippen LogP contribution in [0.25, 0.3) is 11.1 Å². The lowest BCUT2D eigenvalue weighted by atomic mass is 9.92. The van der Waals surface area contributed by atoms with Gasteiger partial charge in [0.05, 0.1) is 5.69 Å². The SMILES string of the molecule is CC(C)(C)C.CCC(CCOC)CN1CCc2c(-c3ccc(F)cc3)cc(C(N)=O)nc2C1. The standard InChI is InChI=1S/C22H28FN3O2.C5H12/c1-3-15(9-11-28-2)13-26-10-8-18-19(16-4-6-17(23)7-5-16)12-20(22(24)27)25-21(18)14-26;1-5(2,3)4/h4-7,12,15H,3,8-11,13-14H2,1-2H3,(H2,24,27);1-4H3. The number of amides is 1. The zero-order valence-electron chi connectivity index (χ0n) is 21.1. The number of carbonyl (C=O) groups is 1. The van der Waals surface area contributed by atoms with Gasteiger partial charge in [0.15, 0.2) is 0 Å². The maximum absolute atomic E-state index is 13.3. The van der Waals surface area contributed by atoms with Gasteiger partial charge in [0.2, 0.25) is 0 Å². The molecule has 1 aliphatic heterocycles. The quantitative estimate of drug-likeness (QED) is 0.571. The molecule has 0 spiro atoms. The molecule has 0 radical (unpaired) electrons. The molecule has 0 bridgehead atoms. The van der Waals surface area contributed by atoms with Gasteiger partial charge in [-0.1, -0.05) is 53.2 Å². The van der Waals surface area contributed by atoms with E-state index in [9.17, 15) is 9.18 Å². The highest BCUT2D eigenvalue weighted by Gasteiger charge is 2.24. The molecular weight excluding hydrogens is 417 g/mol. The molecule has 0 saturated carbocycles. The molecule has 3 rings (SSSR count). The molecule has 1 amide bonds. The molecule has 0 fully saturated rings. The van der Waals surface area contributed by atoms with Gasteiger partial charge in [0.1, 0.15) is 11.5 Å². The average Bonchev–Trinajstić information content (AvgIpc) is 2.75. The van der Waals surface area contributed by atoms with Crippen LogP contribution in [0.5, 0.6) is 0 Å². The van der Waals surface area contributed by atoms with Crippen molar-refractivity contribution in [1.82, 2.24) is 9.88 Å². The van der Waals surface area contributed by atoms with Crippen molar-refractivity contribution in [2.24, 2.45) is 17.1 Å². The van der Waals surface area contributed by atoms with Crippen LogP contribution >= 0.6 is 0 Å². The Labute approximate surface area is 198 Å². The van der Waals surface area contributed by atoms with Crippen LogP contribution in [0.2, 0.25) is 0 Å². The number of carbonyl (C=O) groups excluding carboxylic acids is 1. The van der Waals surface area contributed by atoms with Gasteiger partial charge >= 0.3 is 0 Å². The largest absolute Gasteiger partial charge is 0.385 e. The Morgan fingerprint density at radius 2 is 1.88 bits per heavy atom. The third kappa shape index (κ3) is 8.86. The summed E-state index contributed by atoms with van der Waals surface area (Å²) in [5.74, 6) is -0.262. The second-order valence-corrected chi connectivity index (χ2v) is 10.4. The van der Waals surface area contributed by atoms with Gasteiger partial charge in [-0.05, 0) is 59.1 Å². The van der Waals surface area contributed by atoms with E-state index in [0.29, 0.717) is 17.9 Å². The average molecular weight is 458 g/mol. The van der Waals surface area contributed by atoms with Crippen LogP contribution in [-0.4, -0.2) is 42.6 Å². The number of primary amides is 1. The molecule has 1 unspecified atom stereocenters. The normalized spacial score (nSPS) is 14.8. The molecule has 182 valence electrons. The Bertz CT molecular complexity index is 901. The van der Waals surface area contributed by atoms with E-state index >= 15 is 0 Å². The second kappa shape index (κ2) is 12.2. The minimum absolute atomic E-state index is 0.256. The van der Waals surface area contributed by atoms with E-state index in [1.165, 1.54) is 12.1 Å². The highest BCUT2D eigenvalue weighted by atomic mass is 19.1. The van der Waals surface area contributed by atoms with Gasteiger partial charge in [0.25, 0.3) is 5.91 Å². The molecule has 1 aromatic heterocycles. The maximum Gasteiger partial charge on any atom is 0.267 e. The third-order valence-electron chi connectivity index (χ3n) is 5.49. The van der Waals surface area contributed by atoms with Gasteiger partial charge in [-0.25, -0.2) is 9.37 Å². The Balaban J connectivity index is 0.000000696. The van der Waals surface area contributed by atoms with E-state index in [-0.39, 0.29) is 11.5 Å². The molecule has 1 aliphatic rings. The van der Waals surface area contributed by atoms with Crippen LogP contribution < -0.4 is 5.73 Å². The van der Waals surface area contributed by atoms with Gasteiger partial charge in [-0.3, -0.25) is 9.69 Å². The zero-order valence-corrected chi connectivity index (χ0v) is 21.1. The van der Waals surface area contributed by atoms with Gasteiger partial charge in [-0.15, -0.1) is 0 Å². The van der Waals surface area contributed by atoms with Crippen LogP contribution in [0.3, 0.4) is 0 Å². The molecule has 2 N–H and O–H groups in total. The van der Waals surface area contributed by atoms with Crippen molar-refractivity contribution in [3.05, 3.63) is 53.1 Å². The number of rotatable bonds is 8. The van der Waals surface area contributed by atoms with Gasteiger partial charge in [-0.2, -0.15) is 0 Å². The number of hydrogen-bond acceptors (Lipinski definition) is 4. The van der Waals surface area contributed by atoms with Crippen LogP contribution in [0, 0.1) is 17.2 Å². The molecule has 1 atom stereocenters. The molecular formula is C27H40FN3O2. The van der Waals surface area contributed by atoms with Gasteiger partial charge < -0.3 is 10.5 Å². The van der Waals surface area contributed by atoms with Crippen LogP contribution in [-0.2, 0) is 17.7 Å². The first-order valence-electron chi connectivity index (χ1n) is 11.8. The number of ether oxygens (including phenoxy) is 1. The molecule has 6 heteroatoms. The fourth-order valence-electron chi connectivity index (χ4n) is 3.84. The maximum atomic E-state index is 13.3. The predicted molar refractivity (Wildman–Crippen MR) is 133 cm³/mol. The molecule has 1 aromatic carbocycles. The summed E-state index contributed by atoms with van der Waals surface area (Å²) < 4.78 is 18.6. The first kappa shape index (κ1) is 26.9. The van der Waals surface area contributed by atoms with E-state index < -0.39 is 5.91 Å². The van der Waals surface area contributed by atoms with Gasteiger partial charge in [0, 0.05) is 33.4 Å². The molecule has 33 heavy (non-hydrogen) atoms. The molecule has 5 nitrogen and oxygen atoms in total. The Morgan fingerprint density at radius 1 is 1.24 bits per heavy atom. The van der Waals surface area contributed by atoms with E-state index in [1.807, 2.05) is 0 Å². The molecule has 2 aromatic rings. The van der Waals surface area contributed by atoms with Crippen molar-refractivity contribution in [2.75, 3.05) is 26.8 Å². The summed E-state index contributed by atoms with van der Waals surface area (Å²) in [4.78, 5) is 18.8. The van der Waals surface area contributed by atoms with Crippen molar-refractivity contribution in [3.63, 3.8) is 0 Å². The molecule has 2 heterocycles. The topological polar surface area (TPSA) is 68.5 Å². The highest BCUT2D eigenvalue weighted by Crippen LogP contribution is 2.31. The Kier molecular flexibility index (Phi) is 9.99. The zero-order chi connectivity index (χ0) is 24.6. The van der Waals surface area contributed by atoms with Crippen molar-refractivity contribution in [2.45, 2.75) is 60.4 Å². The lowest BCUT2D eigenvalue weighted by Gasteiger charge is -2.32. The van der Waals surface area contributed by atoms with Crippen LogP contribution in [0.4, 0.5) is 4.39 Å². The number of hydrogen-bond donors (Lipinski definition) is 1. The Hall–Kier alpha value is -2.31. The number of pyridine rings is 1. The summed E-state index contributed by atoms with van der Waals surface area (Å²) in [6, 6.07) is 8.07. The first-order valence-corrected chi connectivity index (χ1v) is 11.8.